The fourth-order valence-electron chi connectivity index (χ4n) is 0.896. The van der Waals surface area contributed by atoms with Crippen molar-refractivity contribution in [2.75, 3.05) is 5.73 Å². The van der Waals surface area contributed by atoms with Gasteiger partial charge in [-0.15, -0.1) is 10.2 Å². The maximum absolute atomic E-state index is 5.45. The lowest BCUT2D eigenvalue weighted by atomic mass is 10.4. The maximum Gasteiger partial charge on any atom is 0.203 e. The molecule has 0 saturated carbocycles. The topological polar surface area (TPSA) is 77.8 Å². The quantitative estimate of drug-likeness (QED) is 0.806. The Morgan fingerprint density at radius 1 is 1.57 bits per heavy atom. The zero-order chi connectivity index (χ0) is 9.97. The van der Waals surface area contributed by atoms with E-state index in [1.165, 1.54) is 23.1 Å². The third-order valence-electron chi connectivity index (χ3n) is 1.44. The van der Waals surface area contributed by atoms with Crippen LogP contribution >= 0.6 is 23.1 Å². The molecule has 0 bridgehead atoms. The zero-order valence-corrected chi connectivity index (χ0v) is 9.06. The highest BCUT2D eigenvalue weighted by Gasteiger charge is 2.05. The van der Waals surface area contributed by atoms with Gasteiger partial charge < -0.3 is 10.3 Å². The molecular formula is C7H8N4OS2. The average molecular weight is 228 g/mol. The van der Waals surface area contributed by atoms with Crippen LogP contribution in [-0.2, 0) is 5.75 Å². The van der Waals surface area contributed by atoms with Crippen molar-refractivity contribution in [3.8, 4) is 0 Å². The Balaban J connectivity index is 1.94. The van der Waals surface area contributed by atoms with Crippen LogP contribution in [0, 0.1) is 6.92 Å². The number of hydrogen-bond donors (Lipinski definition) is 1. The standard InChI is InChI=1S/C7H8N4OS2/c1-4-2-5(12-11-4)3-13-7-10-9-6(8)14-7/h2H,3H2,1H3,(H2,8,9). The second kappa shape index (κ2) is 3.97. The molecule has 2 rings (SSSR count). The molecular weight excluding hydrogens is 220 g/mol. The Hall–Kier alpha value is -1.08. The van der Waals surface area contributed by atoms with E-state index in [0.717, 1.165) is 15.8 Å². The minimum atomic E-state index is 0.487. The van der Waals surface area contributed by atoms with Gasteiger partial charge in [-0.25, -0.2) is 0 Å². The highest BCUT2D eigenvalue weighted by atomic mass is 32.2. The first-order valence-electron chi connectivity index (χ1n) is 3.88. The summed E-state index contributed by atoms with van der Waals surface area (Å²) < 4.78 is 5.89. The van der Waals surface area contributed by atoms with Crippen molar-refractivity contribution in [2.45, 2.75) is 17.0 Å². The summed E-state index contributed by atoms with van der Waals surface area (Å²) in [4.78, 5) is 0. The van der Waals surface area contributed by atoms with Crippen LogP contribution in [0.3, 0.4) is 0 Å². The summed E-state index contributed by atoms with van der Waals surface area (Å²) >= 11 is 2.91. The number of nitrogens with zero attached hydrogens (tertiary/aromatic N) is 3. The Morgan fingerprint density at radius 3 is 3.00 bits per heavy atom. The molecule has 14 heavy (non-hydrogen) atoms. The molecule has 2 N–H and O–H groups in total. The molecule has 5 nitrogen and oxygen atoms in total. The van der Waals surface area contributed by atoms with E-state index in [9.17, 15) is 0 Å². The molecule has 0 atom stereocenters. The van der Waals surface area contributed by atoms with Crippen molar-refractivity contribution in [2.24, 2.45) is 0 Å². The molecule has 0 aromatic carbocycles. The third kappa shape index (κ3) is 2.24. The molecule has 2 aromatic heterocycles. The number of nitrogen functional groups attached to an aromatic ring is 1. The summed E-state index contributed by atoms with van der Waals surface area (Å²) in [5, 5.41) is 11.9. The van der Waals surface area contributed by atoms with E-state index in [1.807, 2.05) is 13.0 Å². The maximum atomic E-state index is 5.45. The highest BCUT2D eigenvalue weighted by molar-refractivity contribution is 8.00. The molecule has 0 aliphatic rings. The van der Waals surface area contributed by atoms with Gasteiger partial charge in [-0.2, -0.15) is 0 Å². The van der Waals surface area contributed by atoms with Crippen LogP contribution in [0.15, 0.2) is 14.9 Å². The van der Waals surface area contributed by atoms with Crippen LogP contribution in [0.2, 0.25) is 0 Å². The number of rotatable bonds is 3. The molecule has 2 heterocycles. The number of nitrogens with two attached hydrogens (primary N) is 1. The molecule has 0 aliphatic heterocycles. The fraction of sp³-hybridized carbons (Fsp3) is 0.286. The lowest BCUT2D eigenvalue weighted by molar-refractivity contribution is 0.391. The van der Waals surface area contributed by atoms with Crippen molar-refractivity contribution in [3.63, 3.8) is 0 Å². The van der Waals surface area contributed by atoms with E-state index in [2.05, 4.69) is 15.4 Å². The van der Waals surface area contributed by atoms with E-state index in [-0.39, 0.29) is 0 Å². The predicted octanol–water partition coefficient (Wildman–Crippen LogP) is 1.71. The van der Waals surface area contributed by atoms with E-state index in [1.54, 1.807) is 0 Å². The van der Waals surface area contributed by atoms with Gasteiger partial charge in [-0.05, 0) is 6.92 Å². The molecule has 0 unspecified atom stereocenters. The van der Waals surface area contributed by atoms with Gasteiger partial charge in [0.05, 0.1) is 11.4 Å². The number of hydrogen-bond acceptors (Lipinski definition) is 7. The Kier molecular flexibility index (Phi) is 2.69. The molecule has 0 spiro atoms. The van der Waals surface area contributed by atoms with Crippen molar-refractivity contribution in [3.05, 3.63) is 17.5 Å². The fourth-order valence-corrected chi connectivity index (χ4v) is 2.41. The number of aryl methyl sites for hydroxylation is 1. The van der Waals surface area contributed by atoms with Crippen LogP contribution in [0.1, 0.15) is 11.5 Å². The molecule has 0 amide bonds. The lowest BCUT2D eigenvalue weighted by Crippen LogP contribution is -1.80. The monoisotopic (exact) mass is 228 g/mol. The minimum absolute atomic E-state index is 0.487. The summed E-state index contributed by atoms with van der Waals surface area (Å²) in [7, 11) is 0. The van der Waals surface area contributed by atoms with Crippen LogP contribution in [0.4, 0.5) is 5.13 Å². The molecule has 74 valence electrons. The predicted molar refractivity (Wildman–Crippen MR) is 55.1 cm³/mol. The summed E-state index contributed by atoms with van der Waals surface area (Å²) in [6.07, 6.45) is 0. The van der Waals surface area contributed by atoms with Gasteiger partial charge in [0, 0.05) is 6.07 Å². The summed E-state index contributed by atoms with van der Waals surface area (Å²) in [5.41, 5.74) is 6.33. The minimum Gasteiger partial charge on any atom is -0.374 e. The third-order valence-corrected chi connectivity index (χ3v) is 3.34. The van der Waals surface area contributed by atoms with E-state index < -0.39 is 0 Å². The first kappa shape index (κ1) is 9.47. The molecule has 2 aromatic rings. The largest absolute Gasteiger partial charge is 0.374 e. The molecule has 0 saturated heterocycles. The van der Waals surface area contributed by atoms with E-state index in [0.29, 0.717) is 10.9 Å². The van der Waals surface area contributed by atoms with Crippen molar-refractivity contribution in [1.29, 1.82) is 0 Å². The highest BCUT2D eigenvalue weighted by Crippen LogP contribution is 2.26. The van der Waals surface area contributed by atoms with Gasteiger partial charge in [0.2, 0.25) is 5.13 Å². The zero-order valence-electron chi connectivity index (χ0n) is 7.43. The second-order valence-corrected chi connectivity index (χ2v) is 4.86. The molecule has 0 radical (unpaired) electrons. The normalized spacial score (nSPS) is 10.6. The van der Waals surface area contributed by atoms with Gasteiger partial charge in [0.1, 0.15) is 5.76 Å². The van der Waals surface area contributed by atoms with E-state index in [4.69, 9.17) is 10.3 Å². The SMILES string of the molecule is Cc1cc(CSc2nnc(N)s2)on1. The van der Waals surface area contributed by atoms with Crippen LogP contribution < -0.4 is 5.73 Å². The van der Waals surface area contributed by atoms with Gasteiger partial charge in [0.25, 0.3) is 0 Å². The Labute approximate surface area is 88.7 Å². The van der Waals surface area contributed by atoms with Gasteiger partial charge in [-0.1, -0.05) is 28.3 Å². The Bertz CT molecular complexity index is 385. The number of anilines is 1. The molecule has 0 fully saturated rings. The van der Waals surface area contributed by atoms with Crippen molar-refractivity contribution in [1.82, 2.24) is 15.4 Å². The van der Waals surface area contributed by atoms with Crippen molar-refractivity contribution < 1.29 is 4.52 Å². The smallest absolute Gasteiger partial charge is 0.203 e. The Morgan fingerprint density at radius 2 is 2.43 bits per heavy atom. The van der Waals surface area contributed by atoms with Crippen LogP contribution in [0.5, 0.6) is 0 Å². The van der Waals surface area contributed by atoms with Gasteiger partial charge in [0.15, 0.2) is 4.34 Å². The number of thioether (sulfide) groups is 1. The second-order valence-electron chi connectivity index (χ2n) is 2.63. The van der Waals surface area contributed by atoms with E-state index >= 15 is 0 Å². The van der Waals surface area contributed by atoms with Gasteiger partial charge >= 0.3 is 0 Å². The van der Waals surface area contributed by atoms with Crippen molar-refractivity contribution >= 4 is 28.2 Å². The van der Waals surface area contributed by atoms with Gasteiger partial charge in [-0.3, -0.25) is 0 Å². The van der Waals surface area contributed by atoms with Crippen LogP contribution in [-0.4, -0.2) is 15.4 Å². The summed E-state index contributed by atoms with van der Waals surface area (Å²) in [5.74, 6) is 1.54. The molecule has 0 aliphatic carbocycles. The van der Waals surface area contributed by atoms with Crippen LogP contribution in [0.25, 0.3) is 0 Å². The average Bonchev–Trinajstić information content (AvgIpc) is 2.72. The molecule has 7 heteroatoms. The first-order chi connectivity index (χ1) is 6.74. The summed E-state index contributed by atoms with van der Waals surface area (Å²) in [6, 6.07) is 1.90. The lowest BCUT2D eigenvalue weighted by Gasteiger charge is -1.89. The number of aromatic nitrogens is 3. The first-order valence-corrected chi connectivity index (χ1v) is 5.68. The summed E-state index contributed by atoms with van der Waals surface area (Å²) in [6.45, 7) is 1.89.